The van der Waals surface area contributed by atoms with Crippen LogP contribution in [0, 0.1) is 19.7 Å². The number of carbonyl (C=O) groups excluding carboxylic acids is 2. The number of aromatic nitrogens is 1. The van der Waals surface area contributed by atoms with Gasteiger partial charge in [0.2, 0.25) is 0 Å². The highest BCUT2D eigenvalue weighted by Crippen LogP contribution is 2.33. The number of rotatable bonds is 3. The Kier molecular flexibility index (Phi) is 4.88. The zero-order chi connectivity index (χ0) is 18.3. The van der Waals surface area contributed by atoms with Crippen molar-refractivity contribution in [2.75, 3.05) is 6.54 Å². The van der Waals surface area contributed by atoms with E-state index in [2.05, 4.69) is 15.9 Å². The van der Waals surface area contributed by atoms with E-state index in [-0.39, 0.29) is 17.0 Å². The fourth-order valence-electron chi connectivity index (χ4n) is 2.88. The topological polar surface area (TPSA) is 42.3 Å². The van der Waals surface area contributed by atoms with Gasteiger partial charge in [-0.15, -0.1) is 0 Å². The Balaban J connectivity index is 2.05. The van der Waals surface area contributed by atoms with Crippen molar-refractivity contribution < 1.29 is 14.0 Å². The average molecular weight is 423 g/mol. The van der Waals surface area contributed by atoms with Gasteiger partial charge in [-0.3, -0.25) is 14.5 Å². The summed E-state index contributed by atoms with van der Waals surface area (Å²) in [6, 6.07) is 6.79. The highest BCUT2D eigenvalue weighted by Gasteiger charge is 2.33. The van der Waals surface area contributed by atoms with Gasteiger partial charge < -0.3 is 4.57 Å². The number of benzene rings is 1. The Morgan fingerprint density at radius 3 is 2.56 bits per heavy atom. The maximum absolute atomic E-state index is 14.3. The minimum atomic E-state index is -0.339. The summed E-state index contributed by atoms with van der Waals surface area (Å²) in [5, 5.41) is -0.258. The largest absolute Gasteiger partial charge is 0.315 e. The van der Waals surface area contributed by atoms with E-state index >= 15 is 0 Å². The Morgan fingerprint density at radius 2 is 1.96 bits per heavy atom. The molecule has 3 rings (SSSR count). The van der Waals surface area contributed by atoms with E-state index in [0.717, 1.165) is 28.7 Å². The molecule has 1 aliphatic heterocycles. The molecule has 0 aliphatic carbocycles. The van der Waals surface area contributed by atoms with Crippen molar-refractivity contribution in [3.8, 4) is 5.69 Å². The monoisotopic (exact) mass is 422 g/mol. The number of hydrogen-bond donors (Lipinski definition) is 0. The molecule has 0 saturated carbocycles. The Morgan fingerprint density at radius 1 is 1.24 bits per heavy atom. The number of aryl methyl sites for hydroxylation is 1. The molecule has 2 amide bonds. The van der Waals surface area contributed by atoms with Gasteiger partial charge in [-0.25, -0.2) is 4.39 Å². The summed E-state index contributed by atoms with van der Waals surface area (Å²) in [7, 11) is 0. The molecule has 0 radical (unpaired) electrons. The summed E-state index contributed by atoms with van der Waals surface area (Å²) in [4.78, 5) is 25.7. The van der Waals surface area contributed by atoms with Crippen molar-refractivity contribution >= 4 is 44.9 Å². The number of carbonyl (C=O) groups is 2. The van der Waals surface area contributed by atoms with Crippen LogP contribution in [0.25, 0.3) is 11.8 Å². The number of thioether (sulfide) groups is 1. The molecule has 25 heavy (non-hydrogen) atoms. The number of halogens is 2. The minimum Gasteiger partial charge on any atom is -0.315 e. The van der Waals surface area contributed by atoms with Crippen LogP contribution < -0.4 is 0 Å². The third-order valence-electron chi connectivity index (χ3n) is 4.10. The van der Waals surface area contributed by atoms with Gasteiger partial charge in [-0.05, 0) is 68.4 Å². The molecule has 4 nitrogen and oxygen atoms in total. The number of hydrogen-bond acceptors (Lipinski definition) is 3. The fourth-order valence-corrected chi connectivity index (χ4v) is 4.11. The normalized spacial score (nSPS) is 16.4. The molecular weight excluding hydrogens is 407 g/mol. The Hall–Kier alpha value is -1.86. The second kappa shape index (κ2) is 6.80. The third kappa shape index (κ3) is 3.18. The van der Waals surface area contributed by atoms with Gasteiger partial charge in [-0.1, -0.05) is 15.9 Å². The lowest BCUT2D eigenvalue weighted by Gasteiger charge is -2.11. The summed E-state index contributed by atoms with van der Waals surface area (Å²) in [6.45, 7) is 5.86. The van der Waals surface area contributed by atoms with Crippen LogP contribution in [0.4, 0.5) is 9.18 Å². The number of amides is 2. The molecule has 0 N–H and O–H groups in total. The van der Waals surface area contributed by atoms with Crippen LogP contribution in [0.15, 0.2) is 33.6 Å². The molecule has 0 bridgehead atoms. The third-order valence-corrected chi connectivity index (χ3v) is 5.50. The van der Waals surface area contributed by atoms with Gasteiger partial charge in [-0.2, -0.15) is 0 Å². The SMILES string of the molecule is CCN1C(=O)S/C(=C/c2cc(C)n(-c3ccc(Br)cc3F)c2C)C1=O. The molecule has 1 saturated heterocycles. The van der Waals surface area contributed by atoms with E-state index in [1.54, 1.807) is 29.7 Å². The van der Waals surface area contributed by atoms with Gasteiger partial charge >= 0.3 is 0 Å². The quantitative estimate of drug-likeness (QED) is 0.649. The zero-order valence-electron chi connectivity index (χ0n) is 14.0. The average Bonchev–Trinajstić information content (AvgIpc) is 2.97. The van der Waals surface area contributed by atoms with Crippen LogP contribution in [0.1, 0.15) is 23.9 Å². The second-order valence-corrected chi connectivity index (χ2v) is 7.59. The van der Waals surface area contributed by atoms with Gasteiger partial charge in [0.05, 0.1) is 10.6 Å². The van der Waals surface area contributed by atoms with Crippen LogP contribution in [-0.2, 0) is 4.79 Å². The molecule has 130 valence electrons. The van der Waals surface area contributed by atoms with E-state index in [1.807, 2.05) is 19.9 Å². The maximum atomic E-state index is 14.3. The molecule has 0 unspecified atom stereocenters. The molecule has 1 aliphatic rings. The van der Waals surface area contributed by atoms with Crippen LogP contribution >= 0.6 is 27.7 Å². The van der Waals surface area contributed by atoms with Crippen molar-refractivity contribution in [1.29, 1.82) is 0 Å². The second-order valence-electron chi connectivity index (χ2n) is 5.68. The van der Waals surface area contributed by atoms with Crippen LogP contribution in [0.3, 0.4) is 0 Å². The molecule has 2 heterocycles. The van der Waals surface area contributed by atoms with Gasteiger partial charge in [0, 0.05) is 22.4 Å². The lowest BCUT2D eigenvalue weighted by molar-refractivity contribution is -0.122. The summed E-state index contributed by atoms with van der Waals surface area (Å²) >= 11 is 4.19. The fraction of sp³-hybridized carbons (Fsp3) is 0.222. The van der Waals surface area contributed by atoms with Crippen molar-refractivity contribution in [3.63, 3.8) is 0 Å². The van der Waals surface area contributed by atoms with Crippen molar-refractivity contribution in [2.45, 2.75) is 20.8 Å². The van der Waals surface area contributed by atoms with Gasteiger partial charge in [0.15, 0.2) is 0 Å². The van der Waals surface area contributed by atoms with E-state index in [0.29, 0.717) is 21.6 Å². The van der Waals surface area contributed by atoms with Crippen molar-refractivity contribution in [2.24, 2.45) is 0 Å². The standard InChI is InChI=1S/C18H16BrFN2O2S/c1-4-21-17(23)16(25-18(21)24)8-12-7-10(2)22(11(12)3)15-6-5-13(19)9-14(15)20/h5-9H,4H2,1-3H3/b16-8+. The predicted molar refractivity (Wildman–Crippen MR) is 101 cm³/mol. The van der Waals surface area contributed by atoms with E-state index in [1.165, 1.54) is 11.0 Å². The molecule has 0 spiro atoms. The maximum Gasteiger partial charge on any atom is 0.293 e. The van der Waals surface area contributed by atoms with E-state index in [9.17, 15) is 14.0 Å². The molecule has 1 aromatic heterocycles. The first-order valence-electron chi connectivity index (χ1n) is 7.73. The van der Waals surface area contributed by atoms with Gasteiger partial charge in [0.25, 0.3) is 11.1 Å². The summed E-state index contributed by atoms with van der Waals surface area (Å²) < 4.78 is 16.8. The Bertz CT molecular complexity index is 920. The number of nitrogens with zero attached hydrogens (tertiary/aromatic N) is 2. The first kappa shape index (κ1) is 17.9. The lowest BCUT2D eigenvalue weighted by Crippen LogP contribution is -2.27. The highest BCUT2D eigenvalue weighted by atomic mass is 79.9. The lowest BCUT2D eigenvalue weighted by atomic mass is 10.2. The summed E-state index contributed by atoms with van der Waals surface area (Å²) in [6.07, 6.45) is 1.70. The first-order chi connectivity index (χ1) is 11.8. The van der Waals surface area contributed by atoms with Gasteiger partial charge in [0.1, 0.15) is 5.82 Å². The van der Waals surface area contributed by atoms with Crippen LogP contribution in [0.5, 0.6) is 0 Å². The highest BCUT2D eigenvalue weighted by molar-refractivity contribution is 9.10. The van der Waals surface area contributed by atoms with Crippen LogP contribution in [0.2, 0.25) is 0 Å². The van der Waals surface area contributed by atoms with Crippen molar-refractivity contribution in [1.82, 2.24) is 9.47 Å². The summed E-state index contributed by atoms with van der Waals surface area (Å²) in [5.41, 5.74) is 2.89. The molecular formula is C18H16BrFN2O2S. The predicted octanol–water partition coefficient (Wildman–Crippen LogP) is 5.05. The molecule has 1 fully saturated rings. The Labute approximate surface area is 157 Å². The molecule has 1 aromatic carbocycles. The van der Waals surface area contributed by atoms with E-state index in [4.69, 9.17) is 0 Å². The molecule has 2 aromatic rings. The number of imide groups is 1. The molecule has 0 atom stereocenters. The van der Waals surface area contributed by atoms with Crippen LogP contribution in [-0.4, -0.2) is 27.2 Å². The van der Waals surface area contributed by atoms with E-state index < -0.39 is 0 Å². The number of likely N-dealkylation sites (N-methyl/N-ethyl adjacent to an activating group) is 1. The van der Waals surface area contributed by atoms with Crippen molar-refractivity contribution in [3.05, 3.63) is 56.4 Å². The molecule has 7 heteroatoms. The zero-order valence-corrected chi connectivity index (χ0v) is 16.4. The first-order valence-corrected chi connectivity index (χ1v) is 9.34. The summed E-state index contributed by atoms with van der Waals surface area (Å²) in [5.74, 6) is -0.619. The minimum absolute atomic E-state index is 0.258. The smallest absolute Gasteiger partial charge is 0.293 e.